The standard InChI is InChI=1S/C36H44F2O6S/c1-7-31(42)44-36(32(43)45-19-29(40)23-10-8-22(9-11-23)14-20(2)3)21(4)15-25-26-17-28(37)27-16-24(39)12-13-33(27,5)35(26,38)30(41)18-34(25,36)6/h8-13,16,20-21,25-26,28,30,41H,7,14-15,17-19H2,1-6H3/t21-,25+,26+,28+,30+,33+,34+,35+,36+/m1/s1. The molecule has 0 aliphatic heterocycles. The van der Waals surface area contributed by atoms with E-state index in [2.05, 4.69) is 13.8 Å². The Morgan fingerprint density at radius 2 is 1.78 bits per heavy atom. The summed E-state index contributed by atoms with van der Waals surface area (Å²) in [7, 11) is 0. The van der Waals surface area contributed by atoms with Crippen LogP contribution in [0.2, 0.25) is 0 Å². The van der Waals surface area contributed by atoms with E-state index in [-0.39, 0.29) is 42.8 Å². The van der Waals surface area contributed by atoms with Gasteiger partial charge in [-0.3, -0.25) is 19.2 Å². The number of aliphatic hydroxyl groups is 1. The van der Waals surface area contributed by atoms with Crippen molar-refractivity contribution in [2.75, 3.05) is 5.75 Å². The highest BCUT2D eigenvalue weighted by molar-refractivity contribution is 8.14. The maximum atomic E-state index is 17.6. The third kappa shape index (κ3) is 5.07. The molecule has 1 aromatic carbocycles. The molecule has 0 heterocycles. The number of carbonyl (C=O) groups excluding carboxylic acids is 4. The molecule has 9 heteroatoms. The van der Waals surface area contributed by atoms with Crippen molar-refractivity contribution in [3.8, 4) is 0 Å². The second kappa shape index (κ2) is 11.9. The first-order valence-electron chi connectivity index (χ1n) is 16.0. The van der Waals surface area contributed by atoms with Gasteiger partial charge in [0.2, 0.25) is 5.12 Å². The largest absolute Gasteiger partial charge is 0.449 e. The smallest absolute Gasteiger partial charge is 0.306 e. The number of alkyl halides is 2. The van der Waals surface area contributed by atoms with Crippen LogP contribution in [0.15, 0.2) is 48.1 Å². The molecular weight excluding hydrogens is 598 g/mol. The number of ketones is 2. The number of ether oxygens (including phenoxy) is 1. The molecule has 6 nitrogen and oxygen atoms in total. The predicted octanol–water partition coefficient (Wildman–Crippen LogP) is 6.58. The summed E-state index contributed by atoms with van der Waals surface area (Å²) in [6, 6.07) is 7.31. The van der Waals surface area contributed by atoms with Crippen molar-refractivity contribution in [2.24, 2.45) is 34.5 Å². The van der Waals surface area contributed by atoms with Crippen LogP contribution in [0.1, 0.15) is 83.1 Å². The summed E-state index contributed by atoms with van der Waals surface area (Å²) in [6.45, 7) is 10.9. The van der Waals surface area contributed by atoms with Crippen LogP contribution in [-0.2, 0) is 25.5 Å². The Bertz CT molecular complexity index is 1450. The lowest BCUT2D eigenvalue weighted by atomic mass is 9.44. The lowest BCUT2D eigenvalue weighted by Gasteiger charge is -2.63. The number of hydrogen-bond donors (Lipinski definition) is 1. The molecule has 9 atom stereocenters. The van der Waals surface area contributed by atoms with Crippen molar-refractivity contribution < 1.29 is 37.8 Å². The van der Waals surface area contributed by atoms with E-state index in [1.807, 2.05) is 12.1 Å². The molecule has 0 amide bonds. The molecule has 1 aromatic rings. The maximum absolute atomic E-state index is 17.6. The maximum Gasteiger partial charge on any atom is 0.306 e. The molecular formula is C36H44F2O6S. The zero-order chi connectivity index (χ0) is 33.1. The Hall–Kier alpha value is -2.65. The topological polar surface area (TPSA) is 97.7 Å². The molecule has 1 N–H and O–H groups in total. The van der Waals surface area contributed by atoms with Gasteiger partial charge in [-0.15, -0.1) is 0 Å². The molecule has 0 unspecified atom stereocenters. The second-order valence-corrected chi connectivity index (χ2v) is 15.3. The van der Waals surface area contributed by atoms with Crippen LogP contribution in [0, 0.1) is 34.5 Å². The number of aliphatic hydroxyl groups excluding tert-OH is 1. The molecule has 45 heavy (non-hydrogen) atoms. The van der Waals surface area contributed by atoms with Crippen molar-refractivity contribution in [1.29, 1.82) is 0 Å². The normalized spacial score (nSPS) is 38.7. The Labute approximate surface area is 268 Å². The van der Waals surface area contributed by atoms with E-state index < -0.39 is 69.0 Å². The van der Waals surface area contributed by atoms with Gasteiger partial charge in [0.1, 0.15) is 6.17 Å². The van der Waals surface area contributed by atoms with Crippen LogP contribution in [-0.4, -0.2) is 57.1 Å². The van der Waals surface area contributed by atoms with Gasteiger partial charge in [-0.05, 0) is 67.7 Å². The van der Waals surface area contributed by atoms with Crippen molar-refractivity contribution in [2.45, 2.75) is 97.2 Å². The minimum absolute atomic E-state index is 0.00848. The predicted molar refractivity (Wildman–Crippen MR) is 169 cm³/mol. The van der Waals surface area contributed by atoms with Crippen molar-refractivity contribution in [1.82, 2.24) is 0 Å². The monoisotopic (exact) mass is 642 g/mol. The van der Waals surface area contributed by atoms with Crippen molar-refractivity contribution in [3.05, 3.63) is 59.2 Å². The number of fused-ring (bicyclic) bond motifs is 5. The van der Waals surface area contributed by atoms with E-state index in [9.17, 15) is 24.3 Å². The van der Waals surface area contributed by atoms with Gasteiger partial charge in [0.25, 0.3) is 0 Å². The van der Waals surface area contributed by atoms with Crippen molar-refractivity contribution in [3.63, 3.8) is 0 Å². The minimum atomic E-state index is -2.32. The summed E-state index contributed by atoms with van der Waals surface area (Å²) in [4.78, 5) is 52.7. The molecule has 0 saturated heterocycles. The van der Waals surface area contributed by atoms with Crippen LogP contribution in [0.4, 0.5) is 8.78 Å². The van der Waals surface area contributed by atoms with Gasteiger partial charge >= 0.3 is 5.97 Å². The summed E-state index contributed by atoms with van der Waals surface area (Å²) in [6.07, 6.45) is 1.12. The number of Topliss-reactive ketones (excluding diaryl/α,β-unsaturated/α-hetero) is 1. The third-order valence-electron chi connectivity index (χ3n) is 11.3. The number of thioether (sulfide) groups is 1. The molecule has 0 bridgehead atoms. The van der Waals surface area contributed by atoms with Crippen LogP contribution >= 0.6 is 11.8 Å². The molecule has 4 aliphatic carbocycles. The quantitative estimate of drug-likeness (QED) is 0.253. The van der Waals surface area contributed by atoms with Gasteiger partial charge in [0.05, 0.1) is 11.9 Å². The van der Waals surface area contributed by atoms with E-state index >= 15 is 8.78 Å². The Kier molecular flexibility index (Phi) is 8.88. The number of benzene rings is 1. The SMILES string of the molecule is CCC(=O)O[C@]1(C(=O)SCC(=O)c2ccc(CC(C)C)cc2)[C@H](C)C[C@H]2[C@@H]3C[C@H](F)C4=CC(=O)C=C[C@]4(C)[C@@]3(F)[C@@H](O)C[C@@]21C. The van der Waals surface area contributed by atoms with Crippen LogP contribution < -0.4 is 0 Å². The van der Waals surface area contributed by atoms with E-state index in [1.54, 1.807) is 32.9 Å². The summed E-state index contributed by atoms with van der Waals surface area (Å²) in [5, 5.41) is 11.2. The first-order chi connectivity index (χ1) is 21.0. The lowest BCUT2D eigenvalue weighted by Crippen LogP contribution is -2.70. The van der Waals surface area contributed by atoms with Gasteiger partial charge in [-0.1, -0.05) is 76.7 Å². The molecule has 5 rings (SSSR count). The van der Waals surface area contributed by atoms with Gasteiger partial charge < -0.3 is 9.84 Å². The van der Waals surface area contributed by atoms with Crippen LogP contribution in [0.5, 0.6) is 0 Å². The third-order valence-corrected chi connectivity index (χ3v) is 12.3. The van der Waals surface area contributed by atoms with Crippen LogP contribution in [0.3, 0.4) is 0 Å². The number of esters is 1. The summed E-state index contributed by atoms with van der Waals surface area (Å²) in [5.74, 6) is -3.24. The molecule has 0 radical (unpaired) electrons. The molecule has 0 spiro atoms. The Morgan fingerprint density at radius 1 is 1.11 bits per heavy atom. The summed E-state index contributed by atoms with van der Waals surface area (Å²) >= 11 is 0.776. The van der Waals surface area contributed by atoms with Gasteiger partial charge in [0.15, 0.2) is 22.8 Å². The molecule has 3 fully saturated rings. The van der Waals surface area contributed by atoms with E-state index in [1.165, 1.54) is 19.1 Å². The van der Waals surface area contributed by atoms with Gasteiger partial charge in [-0.2, -0.15) is 0 Å². The Morgan fingerprint density at radius 3 is 2.40 bits per heavy atom. The number of rotatable bonds is 8. The van der Waals surface area contributed by atoms with E-state index in [0.29, 0.717) is 11.5 Å². The average Bonchev–Trinajstić information content (AvgIpc) is 3.20. The average molecular weight is 643 g/mol. The zero-order valence-electron chi connectivity index (χ0n) is 26.9. The highest BCUT2D eigenvalue weighted by atomic mass is 32.2. The first-order valence-corrected chi connectivity index (χ1v) is 17.0. The first kappa shape index (κ1) is 33.7. The molecule has 3 saturated carbocycles. The number of allylic oxidation sites excluding steroid dienone is 4. The number of hydrogen-bond acceptors (Lipinski definition) is 7. The van der Waals surface area contributed by atoms with E-state index in [0.717, 1.165) is 29.8 Å². The molecule has 244 valence electrons. The lowest BCUT2D eigenvalue weighted by molar-refractivity contribution is -0.228. The summed E-state index contributed by atoms with van der Waals surface area (Å²) < 4.78 is 39.6. The fraction of sp³-hybridized carbons (Fsp3) is 0.611. The Balaban J connectivity index is 1.48. The summed E-state index contributed by atoms with van der Waals surface area (Å²) in [5.41, 5.74) is -5.29. The highest BCUT2D eigenvalue weighted by Crippen LogP contribution is 2.72. The van der Waals surface area contributed by atoms with Crippen molar-refractivity contribution >= 4 is 34.4 Å². The molecule has 0 aromatic heterocycles. The molecule has 4 aliphatic rings. The fourth-order valence-electron chi connectivity index (χ4n) is 9.09. The number of carbonyl (C=O) groups is 4. The van der Waals surface area contributed by atoms with Crippen LogP contribution in [0.25, 0.3) is 0 Å². The second-order valence-electron chi connectivity index (χ2n) is 14.4. The van der Waals surface area contributed by atoms with E-state index in [4.69, 9.17) is 4.74 Å². The zero-order valence-corrected chi connectivity index (χ0v) is 27.7. The fourth-order valence-corrected chi connectivity index (χ4v) is 10.2. The minimum Gasteiger partial charge on any atom is -0.449 e. The van der Waals surface area contributed by atoms with Gasteiger partial charge in [0, 0.05) is 34.7 Å². The van der Waals surface area contributed by atoms with Gasteiger partial charge in [-0.25, -0.2) is 8.78 Å². The highest BCUT2D eigenvalue weighted by Gasteiger charge is 2.78. The number of halogens is 2.